The van der Waals surface area contributed by atoms with Crippen molar-refractivity contribution < 1.29 is 9.53 Å². The molecule has 3 unspecified atom stereocenters. The summed E-state index contributed by atoms with van der Waals surface area (Å²) in [4.78, 5) is 11.2. The van der Waals surface area contributed by atoms with Crippen molar-refractivity contribution in [2.75, 3.05) is 7.11 Å². The van der Waals surface area contributed by atoms with Gasteiger partial charge in [-0.25, -0.2) is 0 Å². The topological polar surface area (TPSA) is 38.3 Å². The number of terminal acetylenes is 1. The van der Waals surface area contributed by atoms with Gasteiger partial charge >= 0.3 is 5.97 Å². The van der Waals surface area contributed by atoms with Crippen molar-refractivity contribution in [3.63, 3.8) is 0 Å². The lowest BCUT2D eigenvalue weighted by Crippen LogP contribution is -2.41. The average molecular weight is 197 g/mol. The normalized spacial score (nSPS) is 16.5. The molecule has 0 saturated heterocycles. The maximum atomic E-state index is 11.2. The Hall–Kier alpha value is -1.01. The second kappa shape index (κ2) is 6.44. The summed E-state index contributed by atoms with van der Waals surface area (Å²) in [5.74, 6) is 2.23. The Morgan fingerprint density at radius 3 is 2.50 bits per heavy atom. The van der Waals surface area contributed by atoms with Gasteiger partial charge in [-0.2, -0.15) is 0 Å². The summed E-state index contributed by atoms with van der Waals surface area (Å²) in [7, 11) is 1.40. The second-order valence-electron chi connectivity index (χ2n) is 3.58. The van der Waals surface area contributed by atoms with Crippen molar-refractivity contribution in [3.8, 4) is 12.3 Å². The number of ether oxygens (including phenoxy) is 1. The van der Waals surface area contributed by atoms with Gasteiger partial charge in [-0.05, 0) is 13.8 Å². The van der Waals surface area contributed by atoms with Crippen LogP contribution in [-0.2, 0) is 9.53 Å². The molecule has 0 aromatic heterocycles. The zero-order valence-electron chi connectivity index (χ0n) is 9.33. The molecule has 0 fully saturated rings. The second-order valence-corrected chi connectivity index (χ2v) is 3.58. The van der Waals surface area contributed by atoms with Gasteiger partial charge < -0.3 is 10.1 Å². The molecule has 3 nitrogen and oxygen atoms in total. The summed E-state index contributed by atoms with van der Waals surface area (Å²) in [6.45, 7) is 5.79. The highest BCUT2D eigenvalue weighted by molar-refractivity contribution is 5.72. The number of methoxy groups -OCH3 is 1. The summed E-state index contributed by atoms with van der Waals surface area (Å²) in [5.41, 5.74) is 0. The Balaban J connectivity index is 4.01. The number of carbonyl (C=O) groups excluding carboxylic acids is 1. The average Bonchev–Trinajstić information content (AvgIpc) is 2.15. The minimum Gasteiger partial charge on any atom is -0.469 e. The third-order valence-corrected chi connectivity index (χ3v) is 2.29. The quantitative estimate of drug-likeness (QED) is 0.531. The fourth-order valence-corrected chi connectivity index (χ4v) is 1.22. The van der Waals surface area contributed by atoms with Crippen LogP contribution in [-0.4, -0.2) is 25.2 Å². The fraction of sp³-hybridized carbons (Fsp3) is 0.727. The standard InChI is InChI=1S/C11H19NO2/c1-6-7-8(2)12-10(4)9(3)11(13)14-5/h1,8-10,12H,7H2,2-5H3. The van der Waals surface area contributed by atoms with E-state index in [0.717, 1.165) is 0 Å². The molecule has 0 bridgehead atoms. The third-order valence-electron chi connectivity index (χ3n) is 2.29. The third kappa shape index (κ3) is 4.29. The predicted molar refractivity (Wildman–Crippen MR) is 56.7 cm³/mol. The van der Waals surface area contributed by atoms with Gasteiger partial charge in [0.15, 0.2) is 0 Å². The van der Waals surface area contributed by atoms with E-state index in [4.69, 9.17) is 6.42 Å². The lowest BCUT2D eigenvalue weighted by atomic mass is 10.0. The van der Waals surface area contributed by atoms with Crippen LogP contribution in [0.25, 0.3) is 0 Å². The Kier molecular flexibility index (Phi) is 5.98. The van der Waals surface area contributed by atoms with Crippen molar-refractivity contribution in [3.05, 3.63) is 0 Å². The van der Waals surface area contributed by atoms with Crippen molar-refractivity contribution in [1.82, 2.24) is 5.32 Å². The van der Waals surface area contributed by atoms with Gasteiger partial charge in [0.25, 0.3) is 0 Å². The molecular formula is C11H19NO2. The molecule has 0 aliphatic heterocycles. The largest absolute Gasteiger partial charge is 0.469 e. The molecule has 0 aliphatic carbocycles. The molecule has 0 spiro atoms. The Labute approximate surface area is 86.2 Å². The summed E-state index contributed by atoms with van der Waals surface area (Å²) in [6.07, 6.45) is 5.85. The lowest BCUT2D eigenvalue weighted by Gasteiger charge is -2.22. The summed E-state index contributed by atoms with van der Waals surface area (Å²) in [5, 5.41) is 3.25. The Morgan fingerprint density at radius 1 is 1.50 bits per heavy atom. The van der Waals surface area contributed by atoms with Gasteiger partial charge in [0, 0.05) is 18.5 Å². The maximum Gasteiger partial charge on any atom is 0.309 e. The number of carbonyl (C=O) groups is 1. The minimum atomic E-state index is -0.196. The Bertz CT molecular complexity index is 220. The predicted octanol–water partition coefficient (Wildman–Crippen LogP) is 1.19. The van der Waals surface area contributed by atoms with Crippen molar-refractivity contribution >= 4 is 5.97 Å². The van der Waals surface area contributed by atoms with E-state index < -0.39 is 0 Å². The molecule has 0 aliphatic rings. The van der Waals surface area contributed by atoms with Gasteiger partial charge in [0.1, 0.15) is 0 Å². The van der Waals surface area contributed by atoms with Crippen molar-refractivity contribution in [2.45, 2.75) is 39.3 Å². The highest BCUT2D eigenvalue weighted by atomic mass is 16.5. The molecule has 80 valence electrons. The Morgan fingerprint density at radius 2 is 2.07 bits per heavy atom. The van der Waals surface area contributed by atoms with E-state index in [1.165, 1.54) is 7.11 Å². The van der Waals surface area contributed by atoms with E-state index in [0.29, 0.717) is 6.42 Å². The number of hydrogen-bond acceptors (Lipinski definition) is 3. The summed E-state index contributed by atoms with van der Waals surface area (Å²) < 4.78 is 4.66. The number of esters is 1. The molecule has 0 saturated carbocycles. The first kappa shape index (κ1) is 13.0. The molecule has 0 radical (unpaired) electrons. The summed E-state index contributed by atoms with van der Waals surface area (Å²) >= 11 is 0. The highest BCUT2D eigenvalue weighted by Gasteiger charge is 2.21. The smallest absolute Gasteiger partial charge is 0.309 e. The van der Waals surface area contributed by atoms with Crippen LogP contribution in [0.4, 0.5) is 0 Å². The fourth-order valence-electron chi connectivity index (χ4n) is 1.22. The monoisotopic (exact) mass is 197 g/mol. The first-order chi connectivity index (χ1) is 6.52. The zero-order chi connectivity index (χ0) is 11.1. The summed E-state index contributed by atoms with van der Waals surface area (Å²) in [6, 6.07) is 0.299. The van der Waals surface area contributed by atoms with Gasteiger partial charge in [0.05, 0.1) is 13.0 Å². The number of nitrogens with one attached hydrogen (secondary N) is 1. The van der Waals surface area contributed by atoms with Crippen molar-refractivity contribution in [2.24, 2.45) is 5.92 Å². The van der Waals surface area contributed by atoms with E-state index in [1.54, 1.807) is 0 Å². The zero-order valence-corrected chi connectivity index (χ0v) is 9.33. The number of hydrogen-bond donors (Lipinski definition) is 1. The van der Waals surface area contributed by atoms with Crippen LogP contribution in [0.3, 0.4) is 0 Å². The van der Waals surface area contributed by atoms with E-state index in [1.807, 2.05) is 20.8 Å². The van der Waals surface area contributed by atoms with Gasteiger partial charge in [-0.3, -0.25) is 4.79 Å². The van der Waals surface area contributed by atoms with Crippen LogP contribution in [0.15, 0.2) is 0 Å². The molecule has 0 amide bonds. The van der Waals surface area contributed by atoms with Gasteiger partial charge in [0.2, 0.25) is 0 Å². The van der Waals surface area contributed by atoms with E-state index in [9.17, 15) is 4.79 Å². The molecule has 0 rings (SSSR count). The van der Waals surface area contributed by atoms with E-state index >= 15 is 0 Å². The van der Waals surface area contributed by atoms with E-state index in [2.05, 4.69) is 16.0 Å². The van der Waals surface area contributed by atoms with Crippen LogP contribution >= 0.6 is 0 Å². The molecule has 3 atom stereocenters. The maximum absolute atomic E-state index is 11.2. The molecule has 3 heteroatoms. The van der Waals surface area contributed by atoms with Crippen LogP contribution in [0.1, 0.15) is 27.2 Å². The molecule has 14 heavy (non-hydrogen) atoms. The van der Waals surface area contributed by atoms with Crippen LogP contribution in [0, 0.1) is 18.3 Å². The molecule has 0 heterocycles. The minimum absolute atomic E-state index is 0.0748. The van der Waals surface area contributed by atoms with E-state index in [-0.39, 0.29) is 24.0 Å². The van der Waals surface area contributed by atoms with Gasteiger partial charge in [-0.1, -0.05) is 6.92 Å². The van der Waals surface area contributed by atoms with Crippen molar-refractivity contribution in [1.29, 1.82) is 0 Å². The lowest BCUT2D eigenvalue weighted by molar-refractivity contribution is -0.145. The first-order valence-electron chi connectivity index (χ1n) is 4.80. The molecule has 0 aromatic carbocycles. The SMILES string of the molecule is C#CCC(C)NC(C)C(C)C(=O)OC. The van der Waals surface area contributed by atoms with Crippen LogP contribution in [0.5, 0.6) is 0 Å². The number of rotatable bonds is 5. The molecule has 0 aromatic rings. The van der Waals surface area contributed by atoms with Crippen LogP contribution < -0.4 is 5.32 Å². The first-order valence-corrected chi connectivity index (χ1v) is 4.80. The van der Waals surface area contributed by atoms with Crippen LogP contribution in [0.2, 0.25) is 0 Å². The molecule has 1 N–H and O–H groups in total. The molecular weight excluding hydrogens is 178 g/mol. The highest BCUT2D eigenvalue weighted by Crippen LogP contribution is 2.06. The van der Waals surface area contributed by atoms with Gasteiger partial charge in [-0.15, -0.1) is 12.3 Å².